The second kappa shape index (κ2) is 4.30. The summed E-state index contributed by atoms with van der Waals surface area (Å²) < 4.78 is 0. The van der Waals surface area contributed by atoms with Crippen LogP contribution in [0.15, 0.2) is 18.2 Å². The monoisotopic (exact) mass is 247 g/mol. The van der Waals surface area contributed by atoms with Crippen LogP contribution >= 0.6 is 11.3 Å². The fourth-order valence-electron chi connectivity index (χ4n) is 1.88. The largest absolute Gasteiger partial charge is 0.477 e. The number of carbonyl (C=O) groups is 1. The molecule has 17 heavy (non-hydrogen) atoms. The first kappa shape index (κ1) is 11.8. The summed E-state index contributed by atoms with van der Waals surface area (Å²) in [6.45, 7) is 5.82. The summed E-state index contributed by atoms with van der Waals surface area (Å²) in [4.78, 5) is 15.8. The topological polar surface area (TPSA) is 50.2 Å². The van der Waals surface area contributed by atoms with E-state index in [1.54, 1.807) is 0 Å². The van der Waals surface area contributed by atoms with Gasteiger partial charge in [0.2, 0.25) is 0 Å². The number of hydrogen-bond acceptors (Lipinski definition) is 3. The van der Waals surface area contributed by atoms with Crippen LogP contribution in [-0.4, -0.2) is 16.1 Å². The summed E-state index contributed by atoms with van der Waals surface area (Å²) in [5.74, 6) is -0.912. The lowest BCUT2D eigenvalue weighted by Gasteiger charge is -2.03. The molecule has 0 saturated heterocycles. The molecular formula is C13H13NO2S. The average Bonchev–Trinajstić information content (AvgIpc) is 2.59. The van der Waals surface area contributed by atoms with Gasteiger partial charge in [-0.05, 0) is 32.9 Å². The third-order valence-electron chi connectivity index (χ3n) is 2.42. The summed E-state index contributed by atoms with van der Waals surface area (Å²) >= 11 is 1.22. The van der Waals surface area contributed by atoms with E-state index in [1.165, 1.54) is 11.3 Å². The minimum Gasteiger partial charge on any atom is -0.477 e. The molecule has 0 saturated carbocycles. The second-order valence-corrected chi connectivity index (χ2v) is 5.30. The first-order valence-corrected chi connectivity index (χ1v) is 6.08. The van der Waals surface area contributed by atoms with Gasteiger partial charge in [0.25, 0.3) is 0 Å². The minimum atomic E-state index is -0.912. The summed E-state index contributed by atoms with van der Waals surface area (Å²) in [6, 6.07) is 5.99. The van der Waals surface area contributed by atoms with Crippen molar-refractivity contribution in [3.05, 3.63) is 39.2 Å². The van der Waals surface area contributed by atoms with Crippen molar-refractivity contribution < 1.29 is 9.90 Å². The maximum atomic E-state index is 11.1. The number of rotatable bonds is 2. The van der Waals surface area contributed by atoms with Gasteiger partial charge in [-0.2, -0.15) is 0 Å². The molecule has 1 aromatic carbocycles. The summed E-state index contributed by atoms with van der Waals surface area (Å²) in [5, 5.41) is 9.92. The number of thiazole rings is 1. The molecule has 2 rings (SSSR count). The third-order valence-corrected chi connectivity index (χ3v) is 3.38. The maximum Gasteiger partial charge on any atom is 0.348 e. The van der Waals surface area contributed by atoms with E-state index in [9.17, 15) is 4.79 Å². The number of hydrogen-bond donors (Lipinski definition) is 1. The van der Waals surface area contributed by atoms with E-state index in [-0.39, 0.29) is 0 Å². The van der Waals surface area contributed by atoms with Crippen LogP contribution in [0.25, 0.3) is 11.3 Å². The Morgan fingerprint density at radius 1 is 1.18 bits per heavy atom. The van der Waals surface area contributed by atoms with E-state index in [1.807, 2.05) is 32.9 Å². The van der Waals surface area contributed by atoms with Crippen molar-refractivity contribution in [2.24, 2.45) is 0 Å². The van der Waals surface area contributed by atoms with Gasteiger partial charge in [-0.3, -0.25) is 0 Å². The number of carboxylic acid groups (broad SMARTS) is 1. The highest BCUT2D eigenvalue weighted by atomic mass is 32.1. The highest BCUT2D eigenvalue weighted by Gasteiger charge is 2.17. The Morgan fingerprint density at radius 2 is 1.76 bits per heavy atom. The number of nitrogens with zero attached hydrogens (tertiary/aromatic N) is 1. The highest BCUT2D eigenvalue weighted by molar-refractivity contribution is 7.14. The molecule has 3 nitrogen and oxygen atoms in total. The van der Waals surface area contributed by atoms with Gasteiger partial charge in [0, 0.05) is 5.56 Å². The van der Waals surface area contributed by atoms with Gasteiger partial charge in [0.15, 0.2) is 0 Å². The van der Waals surface area contributed by atoms with Gasteiger partial charge < -0.3 is 5.11 Å². The quantitative estimate of drug-likeness (QED) is 0.884. The molecule has 0 aliphatic heterocycles. The predicted molar refractivity (Wildman–Crippen MR) is 68.7 cm³/mol. The zero-order chi connectivity index (χ0) is 12.6. The number of aromatic nitrogens is 1. The van der Waals surface area contributed by atoms with E-state index in [0.29, 0.717) is 10.6 Å². The molecule has 1 N–H and O–H groups in total. The fourth-order valence-corrected chi connectivity index (χ4v) is 2.66. The summed E-state index contributed by atoms with van der Waals surface area (Å²) in [6.07, 6.45) is 0. The van der Waals surface area contributed by atoms with Gasteiger partial charge in [0.05, 0.1) is 10.7 Å². The van der Waals surface area contributed by atoms with Crippen LogP contribution in [0, 0.1) is 20.8 Å². The Hall–Kier alpha value is -1.68. The zero-order valence-corrected chi connectivity index (χ0v) is 10.8. The molecular weight excluding hydrogens is 234 g/mol. The van der Waals surface area contributed by atoms with Crippen molar-refractivity contribution in [2.75, 3.05) is 0 Å². The van der Waals surface area contributed by atoms with E-state index in [0.717, 1.165) is 21.7 Å². The standard InChI is InChI=1S/C13H13NO2S/c1-7-4-8(2)6-10(5-7)11-12(13(15)16)17-9(3)14-11/h4-6H,1-3H3,(H,15,16). The second-order valence-electron chi connectivity index (χ2n) is 4.09. The molecule has 0 radical (unpaired) electrons. The molecule has 88 valence electrons. The predicted octanol–water partition coefficient (Wildman–Crippen LogP) is 3.43. The Bertz CT molecular complexity index is 567. The summed E-state index contributed by atoms with van der Waals surface area (Å²) in [5.41, 5.74) is 3.68. The lowest BCUT2D eigenvalue weighted by molar-refractivity contribution is 0.0702. The van der Waals surface area contributed by atoms with E-state index < -0.39 is 5.97 Å². The van der Waals surface area contributed by atoms with Gasteiger partial charge >= 0.3 is 5.97 Å². The molecule has 4 heteroatoms. The van der Waals surface area contributed by atoms with Crippen LogP contribution < -0.4 is 0 Å². The smallest absolute Gasteiger partial charge is 0.348 e. The van der Waals surface area contributed by atoms with E-state index in [4.69, 9.17) is 5.11 Å². The number of aromatic carboxylic acids is 1. The van der Waals surface area contributed by atoms with Crippen molar-refractivity contribution in [1.29, 1.82) is 0 Å². The van der Waals surface area contributed by atoms with Crippen molar-refractivity contribution in [1.82, 2.24) is 4.98 Å². The van der Waals surface area contributed by atoms with Crippen LogP contribution in [0.4, 0.5) is 0 Å². The average molecular weight is 247 g/mol. The Morgan fingerprint density at radius 3 is 2.29 bits per heavy atom. The van der Waals surface area contributed by atoms with Crippen molar-refractivity contribution in [3.8, 4) is 11.3 Å². The molecule has 2 aromatic rings. The van der Waals surface area contributed by atoms with Crippen LogP contribution in [0.1, 0.15) is 25.8 Å². The van der Waals surface area contributed by atoms with Crippen molar-refractivity contribution in [2.45, 2.75) is 20.8 Å². The van der Waals surface area contributed by atoms with Crippen LogP contribution in [0.3, 0.4) is 0 Å². The molecule has 0 spiro atoms. The molecule has 0 aliphatic carbocycles. The number of aryl methyl sites for hydroxylation is 3. The minimum absolute atomic E-state index is 0.313. The Kier molecular flexibility index (Phi) is 2.98. The lowest BCUT2D eigenvalue weighted by Crippen LogP contribution is -1.96. The number of carboxylic acids is 1. The molecule has 0 unspecified atom stereocenters. The molecule has 1 heterocycles. The lowest BCUT2D eigenvalue weighted by atomic mass is 10.0. The number of benzene rings is 1. The van der Waals surface area contributed by atoms with Crippen LogP contribution in [0.2, 0.25) is 0 Å². The zero-order valence-electron chi connectivity index (χ0n) is 9.94. The Labute approximate surface area is 104 Å². The normalized spacial score (nSPS) is 10.5. The van der Waals surface area contributed by atoms with Gasteiger partial charge in [-0.1, -0.05) is 17.2 Å². The van der Waals surface area contributed by atoms with Gasteiger partial charge in [0.1, 0.15) is 4.88 Å². The van der Waals surface area contributed by atoms with Crippen molar-refractivity contribution >= 4 is 17.3 Å². The SMILES string of the molecule is Cc1cc(C)cc(-c2nc(C)sc2C(=O)O)c1. The van der Waals surface area contributed by atoms with Crippen molar-refractivity contribution in [3.63, 3.8) is 0 Å². The third kappa shape index (κ3) is 2.36. The molecule has 0 bridgehead atoms. The first-order chi connectivity index (χ1) is 7.97. The van der Waals surface area contributed by atoms with Gasteiger partial charge in [-0.15, -0.1) is 11.3 Å². The first-order valence-electron chi connectivity index (χ1n) is 5.27. The van der Waals surface area contributed by atoms with Gasteiger partial charge in [-0.25, -0.2) is 9.78 Å². The molecule has 0 atom stereocenters. The molecule has 0 fully saturated rings. The Balaban J connectivity index is 2.63. The highest BCUT2D eigenvalue weighted by Crippen LogP contribution is 2.29. The van der Waals surface area contributed by atoms with E-state index >= 15 is 0 Å². The fraction of sp³-hybridized carbons (Fsp3) is 0.231. The summed E-state index contributed by atoms with van der Waals surface area (Å²) in [7, 11) is 0. The van der Waals surface area contributed by atoms with E-state index in [2.05, 4.69) is 11.1 Å². The molecule has 0 aliphatic rings. The van der Waals surface area contributed by atoms with Crippen LogP contribution in [-0.2, 0) is 0 Å². The molecule has 0 amide bonds. The molecule has 1 aromatic heterocycles. The van der Waals surface area contributed by atoms with Crippen LogP contribution in [0.5, 0.6) is 0 Å². The maximum absolute atomic E-state index is 11.1.